The van der Waals surface area contributed by atoms with Gasteiger partial charge in [-0.05, 0) is 24.3 Å². The second kappa shape index (κ2) is 8.71. The molecule has 1 fully saturated rings. The lowest BCUT2D eigenvalue weighted by atomic mass is 10.1. The molecule has 7 nitrogen and oxygen atoms in total. The topological polar surface area (TPSA) is 80.8 Å². The first-order valence-electron chi connectivity index (χ1n) is 9.73. The van der Waals surface area contributed by atoms with Gasteiger partial charge in [0, 0.05) is 37.7 Å². The van der Waals surface area contributed by atoms with E-state index in [-0.39, 0.29) is 24.2 Å². The highest BCUT2D eigenvalue weighted by Crippen LogP contribution is 2.34. The molecule has 4 rings (SSSR count). The second-order valence-corrected chi connectivity index (χ2v) is 8.18. The molecule has 2 heterocycles. The molecule has 8 heteroatoms. The summed E-state index contributed by atoms with van der Waals surface area (Å²) in [5.41, 5.74) is 1.68. The van der Waals surface area contributed by atoms with Gasteiger partial charge in [-0.25, -0.2) is 4.98 Å². The monoisotopic (exact) mass is 425 g/mol. The number of thiazole rings is 1. The van der Waals surface area contributed by atoms with Gasteiger partial charge in [0.1, 0.15) is 0 Å². The van der Waals surface area contributed by atoms with E-state index in [0.29, 0.717) is 36.7 Å². The highest BCUT2D eigenvalue weighted by Gasteiger charge is 2.35. The van der Waals surface area contributed by atoms with Crippen molar-refractivity contribution in [2.75, 3.05) is 32.2 Å². The summed E-state index contributed by atoms with van der Waals surface area (Å²) in [6.07, 6.45) is 0.868. The minimum absolute atomic E-state index is 0.0754. The number of anilines is 1. The molecule has 2 amide bonds. The summed E-state index contributed by atoms with van der Waals surface area (Å²) in [6.45, 7) is 0.848. The molecule has 1 saturated heterocycles. The Bertz CT molecular complexity index is 1050. The minimum atomic E-state index is -0.374. The first-order valence-corrected chi connectivity index (χ1v) is 10.5. The number of nitrogens with zero attached hydrogens (tertiary/aromatic N) is 2. The molecule has 1 aliphatic heterocycles. The van der Waals surface area contributed by atoms with E-state index in [1.54, 1.807) is 48.7 Å². The third kappa shape index (κ3) is 4.09. The van der Waals surface area contributed by atoms with Crippen molar-refractivity contribution in [3.05, 3.63) is 47.5 Å². The van der Waals surface area contributed by atoms with Crippen LogP contribution < -0.4 is 19.7 Å². The van der Waals surface area contributed by atoms with Crippen molar-refractivity contribution >= 4 is 39.1 Å². The number of fused-ring (bicyclic) bond motifs is 1. The fraction of sp³-hybridized carbons (Fsp3) is 0.318. The van der Waals surface area contributed by atoms with Crippen LogP contribution in [-0.2, 0) is 16.0 Å². The van der Waals surface area contributed by atoms with E-state index in [1.165, 1.54) is 0 Å². The van der Waals surface area contributed by atoms with Crippen LogP contribution in [-0.4, -0.2) is 44.1 Å². The van der Waals surface area contributed by atoms with Crippen LogP contribution in [0.5, 0.6) is 11.5 Å². The summed E-state index contributed by atoms with van der Waals surface area (Å²) in [5.74, 6) is 0.588. The fourth-order valence-corrected chi connectivity index (χ4v) is 4.56. The summed E-state index contributed by atoms with van der Waals surface area (Å²) < 4.78 is 11.7. The minimum Gasteiger partial charge on any atom is -0.493 e. The number of carbonyl (C=O) groups is 2. The normalized spacial score (nSPS) is 16.1. The van der Waals surface area contributed by atoms with Crippen LogP contribution in [0.1, 0.15) is 11.4 Å². The zero-order valence-corrected chi connectivity index (χ0v) is 17.7. The van der Waals surface area contributed by atoms with E-state index in [9.17, 15) is 9.59 Å². The number of para-hydroxylation sites is 1. The van der Waals surface area contributed by atoms with E-state index in [0.717, 1.165) is 15.2 Å². The molecular weight excluding hydrogens is 402 g/mol. The Hall–Kier alpha value is -3.13. The van der Waals surface area contributed by atoms with Gasteiger partial charge in [-0.3, -0.25) is 9.59 Å². The van der Waals surface area contributed by atoms with Crippen LogP contribution in [0.2, 0.25) is 0 Å². The van der Waals surface area contributed by atoms with Gasteiger partial charge >= 0.3 is 0 Å². The first kappa shape index (κ1) is 20.2. The third-order valence-electron chi connectivity index (χ3n) is 5.15. The second-order valence-electron chi connectivity index (χ2n) is 7.06. The summed E-state index contributed by atoms with van der Waals surface area (Å²) in [6, 6.07) is 13.3. The maximum absolute atomic E-state index is 12.6. The molecule has 1 aliphatic rings. The maximum atomic E-state index is 12.6. The van der Waals surface area contributed by atoms with Gasteiger partial charge < -0.3 is 19.7 Å². The van der Waals surface area contributed by atoms with Crippen LogP contribution in [0.15, 0.2) is 42.5 Å². The lowest BCUT2D eigenvalue weighted by Crippen LogP contribution is -2.34. The van der Waals surface area contributed by atoms with Gasteiger partial charge in [-0.2, -0.15) is 0 Å². The molecule has 1 unspecified atom stereocenters. The summed E-state index contributed by atoms with van der Waals surface area (Å²) in [4.78, 5) is 31.3. The highest BCUT2D eigenvalue weighted by molar-refractivity contribution is 7.18. The number of methoxy groups -OCH3 is 2. The molecule has 1 aromatic heterocycles. The van der Waals surface area contributed by atoms with Gasteiger partial charge in [0.25, 0.3) is 0 Å². The van der Waals surface area contributed by atoms with E-state index in [4.69, 9.17) is 9.47 Å². The number of ether oxygens (including phenoxy) is 2. The Morgan fingerprint density at radius 2 is 2.00 bits per heavy atom. The number of hydrogen-bond donors (Lipinski definition) is 1. The van der Waals surface area contributed by atoms with E-state index < -0.39 is 0 Å². The quantitative estimate of drug-likeness (QED) is 0.629. The molecule has 2 aromatic carbocycles. The SMILES string of the molecule is COc1ccc(N2CC(C(=O)NCCc3nc4ccccc4s3)CC2=O)cc1OC. The van der Waals surface area contributed by atoms with Crippen molar-refractivity contribution in [3.63, 3.8) is 0 Å². The van der Waals surface area contributed by atoms with Crippen molar-refractivity contribution < 1.29 is 19.1 Å². The molecule has 0 aliphatic carbocycles. The standard InChI is InChI=1S/C22H23N3O4S/c1-28-17-8-7-15(12-18(17)29-2)25-13-14(11-21(25)26)22(27)23-10-9-20-24-16-5-3-4-6-19(16)30-20/h3-8,12,14H,9-11,13H2,1-2H3,(H,23,27). The number of aromatic nitrogens is 1. The number of nitrogens with one attached hydrogen (secondary N) is 1. The molecule has 0 bridgehead atoms. The molecule has 156 valence electrons. The van der Waals surface area contributed by atoms with Crippen molar-refractivity contribution in [2.24, 2.45) is 5.92 Å². The summed E-state index contributed by atoms with van der Waals surface area (Å²) >= 11 is 1.64. The maximum Gasteiger partial charge on any atom is 0.227 e. The van der Waals surface area contributed by atoms with Crippen LogP contribution >= 0.6 is 11.3 Å². The Morgan fingerprint density at radius 1 is 1.20 bits per heavy atom. The molecule has 30 heavy (non-hydrogen) atoms. The summed E-state index contributed by atoms with van der Waals surface area (Å²) in [5, 5.41) is 3.95. The third-order valence-corrected chi connectivity index (χ3v) is 6.25. The Morgan fingerprint density at radius 3 is 2.77 bits per heavy atom. The summed E-state index contributed by atoms with van der Waals surface area (Å²) in [7, 11) is 3.11. The zero-order valence-electron chi connectivity index (χ0n) is 16.9. The molecule has 1 atom stereocenters. The number of carbonyl (C=O) groups excluding carboxylic acids is 2. The lowest BCUT2D eigenvalue weighted by Gasteiger charge is -2.18. The smallest absolute Gasteiger partial charge is 0.227 e. The van der Waals surface area contributed by atoms with Crippen LogP contribution in [0, 0.1) is 5.92 Å². The molecule has 1 N–H and O–H groups in total. The van der Waals surface area contributed by atoms with Crippen LogP contribution in [0.3, 0.4) is 0 Å². The van der Waals surface area contributed by atoms with Gasteiger partial charge in [0.05, 0.1) is 35.4 Å². The van der Waals surface area contributed by atoms with E-state index in [1.807, 2.05) is 24.3 Å². The average Bonchev–Trinajstić information content (AvgIpc) is 3.36. The van der Waals surface area contributed by atoms with Gasteiger partial charge in [-0.1, -0.05) is 12.1 Å². The molecule has 0 spiro atoms. The molecular formula is C22H23N3O4S. The van der Waals surface area contributed by atoms with E-state index >= 15 is 0 Å². The average molecular weight is 426 g/mol. The fourth-order valence-electron chi connectivity index (χ4n) is 3.59. The van der Waals surface area contributed by atoms with Crippen molar-refractivity contribution in [2.45, 2.75) is 12.8 Å². The molecule has 0 saturated carbocycles. The first-order chi connectivity index (χ1) is 14.6. The van der Waals surface area contributed by atoms with Crippen molar-refractivity contribution in [1.82, 2.24) is 10.3 Å². The zero-order chi connectivity index (χ0) is 21.1. The van der Waals surface area contributed by atoms with Crippen molar-refractivity contribution in [3.8, 4) is 11.5 Å². The number of rotatable bonds is 7. The largest absolute Gasteiger partial charge is 0.493 e. The van der Waals surface area contributed by atoms with Gasteiger partial charge in [-0.15, -0.1) is 11.3 Å². The lowest BCUT2D eigenvalue weighted by molar-refractivity contribution is -0.126. The predicted octanol–water partition coefficient (Wildman–Crippen LogP) is 3.03. The number of hydrogen-bond acceptors (Lipinski definition) is 6. The van der Waals surface area contributed by atoms with Crippen LogP contribution in [0.25, 0.3) is 10.2 Å². The van der Waals surface area contributed by atoms with Gasteiger partial charge in [0.15, 0.2) is 11.5 Å². The van der Waals surface area contributed by atoms with E-state index in [2.05, 4.69) is 10.3 Å². The van der Waals surface area contributed by atoms with Gasteiger partial charge in [0.2, 0.25) is 11.8 Å². The number of amides is 2. The van der Waals surface area contributed by atoms with Crippen molar-refractivity contribution in [1.29, 1.82) is 0 Å². The molecule has 0 radical (unpaired) electrons. The van der Waals surface area contributed by atoms with Crippen LogP contribution in [0.4, 0.5) is 5.69 Å². The Labute approximate surface area is 178 Å². The molecule has 3 aromatic rings. The number of benzene rings is 2. The predicted molar refractivity (Wildman–Crippen MR) is 116 cm³/mol. The Balaban J connectivity index is 1.34. The Kier molecular flexibility index (Phi) is 5.85. The highest BCUT2D eigenvalue weighted by atomic mass is 32.1.